The van der Waals surface area contributed by atoms with Crippen LogP contribution in [0.5, 0.6) is 0 Å². The largest absolute Gasteiger partial charge is 0.477 e. The van der Waals surface area contributed by atoms with Gasteiger partial charge in [0.15, 0.2) is 6.10 Å². The van der Waals surface area contributed by atoms with Crippen LogP contribution in [0.2, 0.25) is 0 Å². The van der Waals surface area contributed by atoms with Gasteiger partial charge in [0, 0.05) is 12.8 Å². The molecule has 0 aromatic carbocycles. The molecule has 0 saturated heterocycles. The molecule has 0 aliphatic rings. The van der Waals surface area contributed by atoms with E-state index in [0.717, 1.165) is 89.9 Å². The van der Waals surface area contributed by atoms with Crippen molar-refractivity contribution in [2.45, 2.75) is 270 Å². The number of quaternary nitrogens is 1. The Bertz CT molecular complexity index is 1580. The molecule has 0 bridgehead atoms. The van der Waals surface area contributed by atoms with Crippen molar-refractivity contribution in [1.82, 2.24) is 0 Å². The summed E-state index contributed by atoms with van der Waals surface area (Å²) in [6.45, 7) is 4.76. The summed E-state index contributed by atoms with van der Waals surface area (Å²) in [7, 11) is 5.97. The number of hydrogen-bond acceptors (Lipinski definition) is 7. The molecule has 0 radical (unpaired) electrons. The van der Waals surface area contributed by atoms with E-state index in [9.17, 15) is 19.5 Å². The molecule has 0 saturated carbocycles. The predicted octanol–water partition coefficient (Wildman–Crippen LogP) is 18.9. The highest BCUT2D eigenvalue weighted by atomic mass is 16.7. The average molecular weight is 1080 g/mol. The third kappa shape index (κ3) is 59.7. The molecule has 0 fully saturated rings. The van der Waals surface area contributed by atoms with Gasteiger partial charge in [0.1, 0.15) is 13.2 Å². The summed E-state index contributed by atoms with van der Waals surface area (Å²) in [5.74, 6) is -2.00. The van der Waals surface area contributed by atoms with Gasteiger partial charge < -0.3 is 28.5 Å². The maximum Gasteiger partial charge on any atom is 0.361 e. The van der Waals surface area contributed by atoms with Crippen LogP contribution in [0.4, 0.5) is 0 Å². The lowest BCUT2D eigenvalue weighted by molar-refractivity contribution is -0.870. The molecule has 0 rings (SSSR count). The smallest absolute Gasteiger partial charge is 0.361 e. The number of nitrogens with zero attached hydrogens (tertiary/aromatic N) is 1. The molecule has 2 atom stereocenters. The zero-order chi connectivity index (χ0) is 56.2. The third-order valence-electron chi connectivity index (χ3n) is 13.4. The average Bonchev–Trinajstić information content (AvgIpc) is 3.40. The molecular weight excluding hydrogens is 959 g/mol. The van der Waals surface area contributed by atoms with E-state index in [1.807, 2.05) is 21.1 Å². The topological polar surface area (TPSA) is 108 Å². The summed E-state index contributed by atoms with van der Waals surface area (Å²) < 4.78 is 22.8. The second-order valence-electron chi connectivity index (χ2n) is 22.0. The molecular formula is C68H118NO8+. The van der Waals surface area contributed by atoms with Crippen LogP contribution >= 0.6 is 0 Å². The minimum Gasteiger partial charge on any atom is -0.477 e. The Balaban J connectivity index is 3.99. The monoisotopic (exact) mass is 1080 g/mol. The van der Waals surface area contributed by atoms with Crippen LogP contribution in [0.1, 0.15) is 258 Å². The van der Waals surface area contributed by atoms with E-state index in [2.05, 4.69) is 111 Å². The molecule has 9 nitrogen and oxygen atoms in total. The summed E-state index contributed by atoms with van der Waals surface area (Å²) in [5, 5.41) is 9.69. The first-order valence-electron chi connectivity index (χ1n) is 31.4. The number of hydrogen-bond donors (Lipinski definition) is 1. The molecule has 0 aliphatic heterocycles. The summed E-state index contributed by atoms with van der Waals surface area (Å²) in [4.78, 5) is 37.3. The molecule has 442 valence electrons. The summed E-state index contributed by atoms with van der Waals surface area (Å²) in [6.07, 6.45) is 76.6. The quantitative estimate of drug-likeness (QED) is 0.0211. The van der Waals surface area contributed by atoms with E-state index < -0.39 is 24.3 Å². The molecule has 2 unspecified atom stereocenters. The van der Waals surface area contributed by atoms with Crippen LogP contribution in [-0.4, -0.2) is 87.4 Å². The van der Waals surface area contributed by atoms with Crippen molar-refractivity contribution in [3.63, 3.8) is 0 Å². The lowest BCUT2D eigenvalue weighted by atomic mass is 10.0. The number of carbonyl (C=O) groups excluding carboxylic acids is 2. The van der Waals surface area contributed by atoms with Crippen LogP contribution < -0.4 is 0 Å². The molecule has 9 heteroatoms. The number of rotatable bonds is 57. The standard InChI is InChI=1S/C68H117NO8/c1-6-8-10-12-14-16-18-19-20-21-22-23-24-25-26-27-28-29-30-31-32-33-34-35-36-37-38-39-40-41-42-43-44-45-46-47-49-51-53-55-57-59-66(71)77-64(63-76-68(67(72)73)74-61-60-69(3,4)5)62-75-65(70)58-56-54-52-50-48-17-15-13-11-9-7-2/h8,10,14,16,19-20,22-23,25-26,28-29,31-32,34-35,64,68H,6-7,9,11-13,15,17-18,21,24,27,30,33,36-63H2,1-5H3/p+1/b10-8-,16-14-,20-19-,23-22-,26-25-,29-28-,32-31-,35-34-. The normalized spacial score (nSPS) is 13.4. The second kappa shape index (κ2) is 58.4. The number of unbranched alkanes of at least 4 members (excludes halogenated alkanes) is 26. The van der Waals surface area contributed by atoms with Crippen LogP contribution in [0.15, 0.2) is 97.2 Å². The highest BCUT2D eigenvalue weighted by Gasteiger charge is 2.25. The summed E-state index contributed by atoms with van der Waals surface area (Å²) in [6, 6.07) is 0. The number of ether oxygens (including phenoxy) is 4. The Kier molecular flexibility index (Phi) is 55.5. The van der Waals surface area contributed by atoms with E-state index in [1.54, 1.807) is 0 Å². The fraction of sp³-hybridized carbons (Fsp3) is 0.721. The molecule has 0 aliphatic carbocycles. The minimum atomic E-state index is -1.51. The van der Waals surface area contributed by atoms with Crippen molar-refractivity contribution in [2.24, 2.45) is 0 Å². The zero-order valence-corrected chi connectivity index (χ0v) is 50.3. The summed E-state index contributed by atoms with van der Waals surface area (Å²) in [5.41, 5.74) is 0. The Labute approximate surface area is 473 Å². The zero-order valence-electron chi connectivity index (χ0n) is 50.3. The number of carboxylic acid groups (broad SMARTS) is 1. The highest BCUT2D eigenvalue weighted by molar-refractivity contribution is 5.71. The second-order valence-corrected chi connectivity index (χ2v) is 22.0. The van der Waals surface area contributed by atoms with E-state index in [4.69, 9.17) is 18.9 Å². The van der Waals surface area contributed by atoms with Crippen molar-refractivity contribution in [3.05, 3.63) is 97.2 Å². The molecule has 0 aromatic heterocycles. The Morgan fingerprint density at radius 3 is 1.10 bits per heavy atom. The van der Waals surface area contributed by atoms with Gasteiger partial charge in [0.2, 0.25) is 0 Å². The van der Waals surface area contributed by atoms with Gasteiger partial charge in [-0.25, -0.2) is 4.79 Å². The van der Waals surface area contributed by atoms with Crippen LogP contribution in [0.25, 0.3) is 0 Å². The predicted molar refractivity (Wildman–Crippen MR) is 327 cm³/mol. The van der Waals surface area contributed by atoms with Gasteiger partial charge in [0.25, 0.3) is 6.29 Å². The Morgan fingerprint density at radius 2 is 0.740 bits per heavy atom. The SMILES string of the molecule is CC/C=C\C/C=C\C/C=C\C/C=C\C/C=C\C/C=C\C/C=C\C/C=C\CCCCCCCCCCCCCCCCCCC(=O)OC(COC(=O)CCCCCCCCCCCCC)COC(OCC[N+](C)(C)C)C(=O)O. The molecule has 0 heterocycles. The van der Waals surface area contributed by atoms with Gasteiger partial charge in [-0.15, -0.1) is 0 Å². The van der Waals surface area contributed by atoms with Gasteiger partial charge in [-0.1, -0.05) is 265 Å². The van der Waals surface area contributed by atoms with E-state index in [1.165, 1.54) is 141 Å². The van der Waals surface area contributed by atoms with Gasteiger partial charge in [0.05, 0.1) is 34.4 Å². The number of aliphatic carboxylic acids is 1. The van der Waals surface area contributed by atoms with E-state index in [-0.39, 0.29) is 32.2 Å². The van der Waals surface area contributed by atoms with Crippen LogP contribution in [0.3, 0.4) is 0 Å². The number of esters is 2. The lowest BCUT2D eigenvalue weighted by Crippen LogP contribution is -2.40. The first-order valence-corrected chi connectivity index (χ1v) is 31.4. The minimum absolute atomic E-state index is 0.181. The maximum absolute atomic E-state index is 12.9. The fourth-order valence-electron chi connectivity index (χ4n) is 8.56. The van der Waals surface area contributed by atoms with Crippen molar-refractivity contribution >= 4 is 17.9 Å². The van der Waals surface area contributed by atoms with Gasteiger partial charge >= 0.3 is 17.9 Å². The van der Waals surface area contributed by atoms with Crippen molar-refractivity contribution < 1.29 is 42.9 Å². The Hall–Kier alpha value is -3.79. The van der Waals surface area contributed by atoms with Crippen LogP contribution in [-0.2, 0) is 33.3 Å². The molecule has 0 spiro atoms. The Morgan fingerprint density at radius 1 is 0.403 bits per heavy atom. The van der Waals surface area contributed by atoms with Gasteiger partial charge in [-0.3, -0.25) is 9.59 Å². The van der Waals surface area contributed by atoms with Crippen molar-refractivity contribution in [3.8, 4) is 0 Å². The van der Waals surface area contributed by atoms with E-state index >= 15 is 0 Å². The van der Waals surface area contributed by atoms with E-state index in [0.29, 0.717) is 17.4 Å². The number of carboxylic acids is 1. The number of allylic oxidation sites excluding steroid dienone is 16. The third-order valence-corrected chi connectivity index (χ3v) is 13.4. The maximum atomic E-state index is 12.9. The lowest BCUT2D eigenvalue weighted by Gasteiger charge is -2.25. The summed E-state index contributed by atoms with van der Waals surface area (Å²) >= 11 is 0. The fourth-order valence-corrected chi connectivity index (χ4v) is 8.56. The molecule has 0 amide bonds. The molecule has 77 heavy (non-hydrogen) atoms. The van der Waals surface area contributed by atoms with Gasteiger partial charge in [-0.05, 0) is 77.0 Å². The molecule has 1 N–H and O–H groups in total. The van der Waals surface area contributed by atoms with Gasteiger partial charge in [-0.2, -0.15) is 0 Å². The first kappa shape index (κ1) is 73.2. The van der Waals surface area contributed by atoms with Crippen LogP contribution in [0, 0.1) is 0 Å². The molecule has 0 aromatic rings. The number of carbonyl (C=O) groups is 3. The van der Waals surface area contributed by atoms with Crippen molar-refractivity contribution in [2.75, 3.05) is 47.5 Å². The first-order chi connectivity index (χ1) is 37.6. The van der Waals surface area contributed by atoms with Crippen molar-refractivity contribution in [1.29, 1.82) is 0 Å². The highest BCUT2D eigenvalue weighted by Crippen LogP contribution is 2.16. The number of likely N-dealkylation sites (N-methyl/N-ethyl adjacent to an activating group) is 1.